The molecular formula is C13H16N2O3. The zero-order valence-corrected chi connectivity index (χ0v) is 9.97. The number of amides is 1. The number of aliphatic hydroxyl groups is 2. The largest absolute Gasteiger partial charge is 0.388 e. The van der Waals surface area contributed by atoms with Crippen LogP contribution in [0.25, 0.3) is 0 Å². The number of fused-ring (bicyclic) bond motifs is 1. The van der Waals surface area contributed by atoms with Crippen molar-refractivity contribution in [3.05, 3.63) is 29.3 Å². The van der Waals surface area contributed by atoms with Crippen molar-refractivity contribution >= 4 is 11.6 Å². The van der Waals surface area contributed by atoms with Gasteiger partial charge in [-0.15, -0.1) is 0 Å². The topological polar surface area (TPSA) is 72.8 Å². The average molecular weight is 248 g/mol. The first-order valence-corrected chi connectivity index (χ1v) is 6.17. The molecular weight excluding hydrogens is 232 g/mol. The van der Waals surface area contributed by atoms with Crippen LogP contribution < -0.4 is 5.32 Å². The number of rotatable bonds is 1. The van der Waals surface area contributed by atoms with Gasteiger partial charge in [0.2, 0.25) is 0 Å². The lowest BCUT2D eigenvalue weighted by Gasteiger charge is -2.15. The second kappa shape index (κ2) is 4.26. The number of aliphatic hydroxyl groups excluding tert-OH is 2. The van der Waals surface area contributed by atoms with Gasteiger partial charge in [0.1, 0.15) is 0 Å². The van der Waals surface area contributed by atoms with Gasteiger partial charge >= 0.3 is 0 Å². The number of benzene rings is 1. The standard InChI is InChI=1S/C13H16N2O3/c16-11-6-15(7-12(11)17)13(18)9-2-1-8-3-4-14-10(8)5-9/h1-2,5,11-12,14,16-17H,3-4,6-7H2. The molecule has 1 fully saturated rings. The molecule has 3 N–H and O–H groups in total. The predicted octanol–water partition coefficient (Wildman–Crippen LogP) is -0.168. The average Bonchev–Trinajstić information content (AvgIpc) is 2.95. The fraction of sp³-hybridized carbons (Fsp3) is 0.462. The Morgan fingerprint density at radius 2 is 2.00 bits per heavy atom. The maximum Gasteiger partial charge on any atom is 0.254 e. The summed E-state index contributed by atoms with van der Waals surface area (Å²) in [6.07, 6.45) is -0.673. The molecule has 2 aliphatic heterocycles. The fourth-order valence-corrected chi connectivity index (χ4v) is 2.54. The van der Waals surface area contributed by atoms with Gasteiger partial charge in [-0.2, -0.15) is 0 Å². The minimum Gasteiger partial charge on any atom is -0.388 e. The van der Waals surface area contributed by atoms with Gasteiger partial charge in [-0.25, -0.2) is 0 Å². The summed E-state index contributed by atoms with van der Waals surface area (Å²) in [5, 5.41) is 22.2. The van der Waals surface area contributed by atoms with Gasteiger partial charge in [0.25, 0.3) is 5.91 Å². The molecule has 1 saturated heterocycles. The molecule has 0 aromatic heterocycles. The molecule has 1 aromatic rings. The number of β-amino-alcohol motifs (C(OH)–C–C–N with tert-alkyl or cyclic N) is 2. The second-order valence-electron chi connectivity index (χ2n) is 4.89. The third-order valence-electron chi connectivity index (χ3n) is 3.61. The Bertz CT molecular complexity index is 479. The molecule has 0 bridgehead atoms. The molecule has 0 saturated carbocycles. The van der Waals surface area contributed by atoms with Gasteiger partial charge in [0.05, 0.1) is 12.2 Å². The van der Waals surface area contributed by atoms with Crippen molar-refractivity contribution in [3.8, 4) is 0 Å². The number of nitrogens with zero attached hydrogens (tertiary/aromatic N) is 1. The number of hydrogen-bond acceptors (Lipinski definition) is 4. The third kappa shape index (κ3) is 1.85. The highest BCUT2D eigenvalue weighted by Crippen LogP contribution is 2.24. The van der Waals surface area contributed by atoms with Crippen LogP contribution in [0.1, 0.15) is 15.9 Å². The molecule has 2 heterocycles. The van der Waals surface area contributed by atoms with E-state index in [4.69, 9.17) is 0 Å². The molecule has 3 rings (SSSR count). The van der Waals surface area contributed by atoms with E-state index in [1.54, 1.807) is 0 Å². The number of carbonyl (C=O) groups excluding carboxylic acids is 1. The van der Waals surface area contributed by atoms with Crippen LogP contribution in [0.5, 0.6) is 0 Å². The highest BCUT2D eigenvalue weighted by Gasteiger charge is 2.33. The van der Waals surface area contributed by atoms with E-state index in [0.29, 0.717) is 5.56 Å². The van der Waals surface area contributed by atoms with Gasteiger partial charge in [-0.05, 0) is 24.1 Å². The lowest BCUT2D eigenvalue weighted by atomic mass is 10.1. The van der Waals surface area contributed by atoms with Gasteiger partial charge in [0.15, 0.2) is 0 Å². The Hall–Kier alpha value is -1.59. The molecule has 18 heavy (non-hydrogen) atoms. The number of nitrogens with one attached hydrogen (secondary N) is 1. The first-order valence-electron chi connectivity index (χ1n) is 6.17. The van der Waals surface area contributed by atoms with Crippen molar-refractivity contribution in [1.29, 1.82) is 0 Å². The molecule has 0 aliphatic carbocycles. The smallest absolute Gasteiger partial charge is 0.254 e. The van der Waals surface area contributed by atoms with E-state index in [0.717, 1.165) is 18.7 Å². The van der Waals surface area contributed by atoms with Crippen LogP contribution in [-0.2, 0) is 6.42 Å². The molecule has 2 aliphatic rings. The predicted molar refractivity (Wildman–Crippen MR) is 66.6 cm³/mol. The van der Waals surface area contributed by atoms with E-state index in [1.165, 1.54) is 10.5 Å². The monoisotopic (exact) mass is 248 g/mol. The summed E-state index contributed by atoms with van der Waals surface area (Å²) in [6.45, 7) is 1.31. The van der Waals surface area contributed by atoms with Crippen molar-refractivity contribution in [3.63, 3.8) is 0 Å². The summed E-state index contributed by atoms with van der Waals surface area (Å²) in [4.78, 5) is 13.7. The SMILES string of the molecule is O=C(c1ccc2c(c1)NCC2)N1CC(O)C(O)C1. The van der Waals surface area contributed by atoms with Crippen LogP contribution in [-0.4, -0.2) is 52.9 Å². The third-order valence-corrected chi connectivity index (χ3v) is 3.61. The van der Waals surface area contributed by atoms with E-state index >= 15 is 0 Å². The van der Waals surface area contributed by atoms with Gasteiger partial charge in [-0.3, -0.25) is 4.79 Å². The van der Waals surface area contributed by atoms with Crippen LogP contribution in [0.15, 0.2) is 18.2 Å². The van der Waals surface area contributed by atoms with Gasteiger partial charge in [0, 0.05) is 30.9 Å². The van der Waals surface area contributed by atoms with E-state index in [9.17, 15) is 15.0 Å². The molecule has 1 amide bonds. The zero-order chi connectivity index (χ0) is 12.7. The minimum absolute atomic E-state index is 0.137. The Labute approximate surface area is 105 Å². The first kappa shape index (κ1) is 11.5. The van der Waals surface area contributed by atoms with Crippen molar-refractivity contribution in [1.82, 2.24) is 4.90 Å². The zero-order valence-electron chi connectivity index (χ0n) is 9.97. The molecule has 0 spiro atoms. The van der Waals surface area contributed by atoms with Crippen molar-refractivity contribution in [2.75, 3.05) is 25.0 Å². The van der Waals surface area contributed by atoms with E-state index in [1.807, 2.05) is 18.2 Å². The summed E-state index contributed by atoms with van der Waals surface area (Å²) in [5.74, 6) is -0.137. The van der Waals surface area contributed by atoms with E-state index in [2.05, 4.69) is 5.32 Å². The van der Waals surface area contributed by atoms with Crippen LogP contribution in [0.2, 0.25) is 0 Å². The quantitative estimate of drug-likeness (QED) is 0.645. The minimum atomic E-state index is -0.832. The van der Waals surface area contributed by atoms with E-state index in [-0.39, 0.29) is 19.0 Å². The summed E-state index contributed by atoms with van der Waals surface area (Å²) >= 11 is 0. The van der Waals surface area contributed by atoms with Gasteiger partial charge in [-0.1, -0.05) is 6.07 Å². The fourth-order valence-electron chi connectivity index (χ4n) is 2.54. The van der Waals surface area contributed by atoms with Crippen molar-refractivity contribution in [2.45, 2.75) is 18.6 Å². The van der Waals surface area contributed by atoms with Crippen LogP contribution in [0.3, 0.4) is 0 Å². The lowest BCUT2D eigenvalue weighted by molar-refractivity contribution is 0.0572. The maximum absolute atomic E-state index is 12.2. The summed E-state index contributed by atoms with van der Waals surface area (Å²) in [6, 6.07) is 5.62. The number of carbonyl (C=O) groups is 1. The molecule has 1 aromatic carbocycles. The number of anilines is 1. The maximum atomic E-state index is 12.2. The van der Waals surface area contributed by atoms with Crippen molar-refractivity contribution < 1.29 is 15.0 Å². The normalized spacial score (nSPS) is 26.0. The molecule has 5 heteroatoms. The summed E-state index contributed by atoms with van der Waals surface area (Å²) in [5.41, 5.74) is 2.85. The lowest BCUT2D eigenvalue weighted by Crippen LogP contribution is -2.29. The summed E-state index contributed by atoms with van der Waals surface area (Å²) < 4.78 is 0. The highest BCUT2D eigenvalue weighted by molar-refractivity contribution is 5.95. The van der Waals surface area contributed by atoms with Crippen LogP contribution in [0.4, 0.5) is 5.69 Å². The van der Waals surface area contributed by atoms with Gasteiger partial charge < -0.3 is 20.4 Å². The molecule has 0 radical (unpaired) electrons. The second-order valence-corrected chi connectivity index (χ2v) is 4.89. The van der Waals surface area contributed by atoms with E-state index < -0.39 is 12.2 Å². The summed E-state index contributed by atoms with van der Waals surface area (Å²) in [7, 11) is 0. The Balaban J connectivity index is 1.81. The highest BCUT2D eigenvalue weighted by atomic mass is 16.3. The first-order chi connectivity index (χ1) is 8.65. The molecule has 96 valence electrons. The van der Waals surface area contributed by atoms with Crippen molar-refractivity contribution in [2.24, 2.45) is 0 Å². The molecule has 2 unspecified atom stereocenters. The molecule has 2 atom stereocenters. The number of likely N-dealkylation sites (tertiary alicyclic amines) is 1. The number of hydrogen-bond donors (Lipinski definition) is 3. The Morgan fingerprint density at radius 3 is 2.72 bits per heavy atom. The molecule has 5 nitrogen and oxygen atoms in total. The Morgan fingerprint density at radius 1 is 1.28 bits per heavy atom. The van der Waals surface area contributed by atoms with Crippen LogP contribution in [0, 0.1) is 0 Å². The van der Waals surface area contributed by atoms with Crippen LogP contribution >= 0.6 is 0 Å². The Kier molecular flexibility index (Phi) is 2.72.